The Morgan fingerprint density at radius 3 is 2.54 bits per heavy atom. The average molecular weight is 381 g/mol. The van der Waals surface area contributed by atoms with Crippen molar-refractivity contribution in [3.8, 4) is 0 Å². The number of ether oxygens (including phenoxy) is 1. The minimum absolute atomic E-state index is 0.142. The van der Waals surface area contributed by atoms with Crippen LogP contribution in [0.5, 0.6) is 0 Å². The Kier molecular flexibility index (Phi) is 5.99. The second kappa shape index (κ2) is 8.06. The van der Waals surface area contributed by atoms with Crippen molar-refractivity contribution in [1.29, 1.82) is 0 Å². The molecule has 0 radical (unpaired) electrons. The molecule has 2 bridgehead atoms. The summed E-state index contributed by atoms with van der Waals surface area (Å²) in [5.41, 5.74) is 0.482. The van der Waals surface area contributed by atoms with Crippen molar-refractivity contribution >= 4 is 15.9 Å². The van der Waals surface area contributed by atoms with Crippen LogP contribution in [-0.2, 0) is 14.8 Å². The van der Waals surface area contributed by atoms with E-state index >= 15 is 0 Å². The highest BCUT2D eigenvalue weighted by Gasteiger charge is 2.42. The van der Waals surface area contributed by atoms with Crippen LogP contribution in [0.2, 0.25) is 0 Å². The molecule has 2 fully saturated rings. The Hall–Kier alpha value is -1.44. The number of amides is 1. The molecule has 0 aromatic heterocycles. The van der Waals surface area contributed by atoms with Gasteiger partial charge in [-0.2, -0.15) is 0 Å². The van der Waals surface area contributed by atoms with Crippen molar-refractivity contribution in [2.24, 2.45) is 17.8 Å². The van der Waals surface area contributed by atoms with Gasteiger partial charge in [-0.3, -0.25) is 4.79 Å². The third-order valence-corrected chi connectivity index (χ3v) is 7.30. The fourth-order valence-electron chi connectivity index (χ4n) is 4.45. The van der Waals surface area contributed by atoms with Crippen molar-refractivity contribution in [3.05, 3.63) is 29.8 Å². The van der Waals surface area contributed by atoms with E-state index in [0.717, 1.165) is 11.8 Å². The fraction of sp³-hybridized carbons (Fsp3) is 0.632. The largest absolute Gasteiger partial charge is 0.383 e. The Labute approximate surface area is 155 Å². The maximum absolute atomic E-state index is 12.5. The lowest BCUT2D eigenvalue weighted by atomic mass is 9.84. The molecule has 7 heteroatoms. The smallest absolute Gasteiger partial charge is 0.251 e. The second-order valence-electron chi connectivity index (χ2n) is 7.52. The Balaban J connectivity index is 1.58. The van der Waals surface area contributed by atoms with Crippen LogP contribution in [0.25, 0.3) is 0 Å². The highest BCUT2D eigenvalue weighted by atomic mass is 32.2. The number of hydrogen-bond acceptors (Lipinski definition) is 4. The summed E-state index contributed by atoms with van der Waals surface area (Å²) in [6.45, 7) is 2.60. The van der Waals surface area contributed by atoms with Gasteiger partial charge in [-0.05, 0) is 68.2 Å². The van der Waals surface area contributed by atoms with Crippen LogP contribution in [0.3, 0.4) is 0 Å². The molecule has 2 aliphatic rings. The lowest BCUT2D eigenvalue weighted by molar-refractivity contribution is 0.0915. The number of sulfonamides is 1. The van der Waals surface area contributed by atoms with Crippen LogP contribution in [0.15, 0.2) is 29.2 Å². The summed E-state index contributed by atoms with van der Waals surface area (Å²) < 4.78 is 31.6. The number of carbonyl (C=O) groups is 1. The van der Waals surface area contributed by atoms with Crippen molar-refractivity contribution in [2.75, 3.05) is 20.3 Å². The molecule has 3 rings (SSSR count). The van der Waals surface area contributed by atoms with E-state index in [1.165, 1.54) is 44.9 Å². The molecule has 2 aliphatic carbocycles. The summed E-state index contributed by atoms with van der Waals surface area (Å²) in [5, 5.41) is 3.10. The third-order valence-electron chi connectivity index (χ3n) is 5.82. The van der Waals surface area contributed by atoms with E-state index in [0.29, 0.717) is 18.1 Å². The van der Waals surface area contributed by atoms with Gasteiger partial charge in [0.2, 0.25) is 10.0 Å². The Morgan fingerprint density at radius 1 is 1.23 bits per heavy atom. The molecule has 0 aliphatic heterocycles. The lowest BCUT2D eigenvalue weighted by Crippen LogP contribution is -2.40. The molecule has 2 N–H and O–H groups in total. The standard InChI is InChI=1S/C19H28N2O4S/c1-13(18-12-14-3-4-16(18)11-14)21-19(22)15-5-7-17(8-6-15)26(23,24)20-9-10-25-2/h5-8,13-14,16,18,20H,3-4,9-12H2,1-2H3,(H,21,22). The summed E-state index contributed by atoms with van der Waals surface area (Å²) in [6, 6.07) is 6.21. The molecule has 1 amide bonds. The summed E-state index contributed by atoms with van der Waals surface area (Å²) in [7, 11) is -2.07. The maximum Gasteiger partial charge on any atom is 0.251 e. The molecule has 0 heterocycles. The molecule has 4 unspecified atom stereocenters. The highest BCUT2D eigenvalue weighted by molar-refractivity contribution is 7.89. The van der Waals surface area contributed by atoms with Crippen molar-refractivity contribution in [1.82, 2.24) is 10.0 Å². The normalized spacial score (nSPS) is 26.0. The topological polar surface area (TPSA) is 84.5 Å². The first-order valence-electron chi connectivity index (χ1n) is 9.30. The van der Waals surface area contributed by atoms with Gasteiger partial charge in [0.05, 0.1) is 11.5 Å². The van der Waals surface area contributed by atoms with Crippen LogP contribution in [0, 0.1) is 17.8 Å². The molecule has 4 atom stereocenters. The zero-order valence-electron chi connectivity index (χ0n) is 15.4. The van der Waals surface area contributed by atoms with Gasteiger partial charge >= 0.3 is 0 Å². The first kappa shape index (κ1) is 19.3. The molecule has 1 aromatic carbocycles. The maximum atomic E-state index is 12.5. The zero-order valence-corrected chi connectivity index (χ0v) is 16.2. The van der Waals surface area contributed by atoms with Crippen LogP contribution >= 0.6 is 0 Å². The number of nitrogens with one attached hydrogen (secondary N) is 2. The number of carbonyl (C=O) groups excluding carboxylic acids is 1. The Bertz CT molecular complexity index is 732. The third kappa shape index (κ3) is 4.27. The zero-order chi connectivity index (χ0) is 18.7. The predicted molar refractivity (Wildman–Crippen MR) is 99.4 cm³/mol. The van der Waals surface area contributed by atoms with Gasteiger partial charge in [-0.15, -0.1) is 0 Å². The predicted octanol–water partition coefficient (Wildman–Crippen LogP) is 2.17. The van der Waals surface area contributed by atoms with E-state index < -0.39 is 10.0 Å². The van der Waals surface area contributed by atoms with Crippen LogP contribution < -0.4 is 10.0 Å². The summed E-state index contributed by atoms with van der Waals surface area (Å²) in [4.78, 5) is 12.6. The summed E-state index contributed by atoms with van der Waals surface area (Å²) >= 11 is 0. The van der Waals surface area contributed by atoms with E-state index in [2.05, 4.69) is 17.0 Å². The quantitative estimate of drug-likeness (QED) is 0.677. The first-order valence-corrected chi connectivity index (χ1v) is 10.8. The van der Waals surface area contributed by atoms with E-state index in [1.807, 2.05) is 0 Å². The lowest BCUT2D eigenvalue weighted by Gasteiger charge is -2.28. The van der Waals surface area contributed by atoms with Gasteiger partial charge in [0.15, 0.2) is 0 Å². The van der Waals surface area contributed by atoms with Crippen LogP contribution in [-0.4, -0.2) is 40.6 Å². The number of methoxy groups -OCH3 is 1. The summed E-state index contributed by atoms with van der Waals surface area (Å²) in [5.74, 6) is 2.03. The Morgan fingerprint density at radius 2 is 1.96 bits per heavy atom. The van der Waals surface area contributed by atoms with Crippen molar-refractivity contribution in [2.45, 2.75) is 43.5 Å². The van der Waals surface area contributed by atoms with Gasteiger partial charge in [-0.25, -0.2) is 13.1 Å². The second-order valence-corrected chi connectivity index (χ2v) is 9.28. The van der Waals surface area contributed by atoms with Crippen LogP contribution in [0.1, 0.15) is 43.0 Å². The molecule has 144 valence electrons. The molecule has 26 heavy (non-hydrogen) atoms. The summed E-state index contributed by atoms with van der Waals surface area (Å²) in [6.07, 6.45) is 5.16. The van der Waals surface area contributed by atoms with Gasteiger partial charge in [-0.1, -0.05) is 6.42 Å². The molecule has 6 nitrogen and oxygen atoms in total. The van der Waals surface area contributed by atoms with Crippen LogP contribution in [0.4, 0.5) is 0 Å². The monoisotopic (exact) mass is 380 g/mol. The molecule has 1 aromatic rings. The average Bonchev–Trinajstić information content (AvgIpc) is 3.25. The van der Waals surface area contributed by atoms with E-state index in [4.69, 9.17) is 4.74 Å². The van der Waals surface area contributed by atoms with Gasteiger partial charge in [0, 0.05) is 25.3 Å². The van der Waals surface area contributed by atoms with E-state index in [-0.39, 0.29) is 23.4 Å². The van der Waals surface area contributed by atoms with Gasteiger partial charge in [0.25, 0.3) is 5.91 Å². The van der Waals surface area contributed by atoms with Gasteiger partial charge < -0.3 is 10.1 Å². The minimum Gasteiger partial charge on any atom is -0.383 e. The SMILES string of the molecule is COCCNS(=O)(=O)c1ccc(C(=O)NC(C)C2CC3CCC2C3)cc1. The minimum atomic E-state index is -3.58. The fourth-order valence-corrected chi connectivity index (χ4v) is 5.46. The number of fused-ring (bicyclic) bond motifs is 2. The molecule has 0 saturated heterocycles. The number of hydrogen-bond donors (Lipinski definition) is 2. The first-order chi connectivity index (χ1) is 12.4. The number of benzene rings is 1. The van der Waals surface area contributed by atoms with Gasteiger partial charge in [0.1, 0.15) is 0 Å². The molecule has 2 saturated carbocycles. The molecular weight excluding hydrogens is 352 g/mol. The number of rotatable bonds is 8. The van der Waals surface area contributed by atoms with E-state index in [9.17, 15) is 13.2 Å². The van der Waals surface area contributed by atoms with Crippen molar-refractivity contribution < 1.29 is 17.9 Å². The van der Waals surface area contributed by atoms with Crippen molar-refractivity contribution in [3.63, 3.8) is 0 Å². The molecular formula is C19H28N2O4S. The highest BCUT2D eigenvalue weighted by Crippen LogP contribution is 2.49. The molecule has 0 spiro atoms. The van der Waals surface area contributed by atoms with E-state index in [1.54, 1.807) is 12.1 Å².